The van der Waals surface area contributed by atoms with Gasteiger partial charge in [-0.3, -0.25) is 14.4 Å². The SMILES string of the molecule is CCCCCC(OC(=O)CCl)C(O)C/C=C\CCCCCCCC(=O)OCOC(=O)CCCCCCC/C=C\C[C@@H]1O[C@@H]1CCCCC. The van der Waals surface area contributed by atoms with Crippen molar-refractivity contribution >= 4 is 29.5 Å². The first kappa shape index (κ1) is 44.1. The summed E-state index contributed by atoms with van der Waals surface area (Å²) in [6, 6.07) is 0. The van der Waals surface area contributed by atoms with Crippen LogP contribution >= 0.6 is 11.6 Å². The van der Waals surface area contributed by atoms with E-state index in [0.717, 1.165) is 96.3 Å². The van der Waals surface area contributed by atoms with Crippen LogP contribution in [0.4, 0.5) is 0 Å². The third-order valence-corrected chi connectivity index (χ3v) is 8.93. The molecule has 0 amide bonds. The van der Waals surface area contributed by atoms with Gasteiger partial charge in [0.15, 0.2) is 0 Å². The van der Waals surface area contributed by atoms with Crippen LogP contribution in [0.3, 0.4) is 0 Å². The molecule has 9 heteroatoms. The Morgan fingerprint density at radius 2 is 1.25 bits per heavy atom. The molecular formula is C39H67ClO8. The zero-order valence-electron chi connectivity index (χ0n) is 30.2. The summed E-state index contributed by atoms with van der Waals surface area (Å²) in [5, 5.41) is 10.5. The molecule has 0 spiro atoms. The molecule has 0 aliphatic carbocycles. The summed E-state index contributed by atoms with van der Waals surface area (Å²) >= 11 is 5.55. The van der Waals surface area contributed by atoms with Gasteiger partial charge in [0.05, 0.1) is 18.3 Å². The number of carbonyl (C=O) groups is 3. The highest BCUT2D eigenvalue weighted by Gasteiger charge is 2.36. The monoisotopic (exact) mass is 698 g/mol. The second-order valence-electron chi connectivity index (χ2n) is 13.1. The molecule has 1 fully saturated rings. The minimum absolute atomic E-state index is 0.208. The van der Waals surface area contributed by atoms with Crippen molar-refractivity contribution < 1.29 is 38.4 Å². The summed E-state index contributed by atoms with van der Waals surface area (Å²) in [7, 11) is 0. The molecule has 2 unspecified atom stereocenters. The average molecular weight is 699 g/mol. The summed E-state index contributed by atoms with van der Waals surface area (Å²) in [6.45, 7) is 4.04. The second-order valence-corrected chi connectivity index (χ2v) is 13.4. The molecule has 1 heterocycles. The van der Waals surface area contributed by atoms with Crippen LogP contribution in [0, 0.1) is 0 Å². The van der Waals surface area contributed by atoms with E-state index in [-0.39, 0.29) is 24.6 Å². The Morgan fingerprint density at radius 1 is 0.688 bits per heavy atom. The molecule has 48 heavy (non-hydrogen) atoms. The van der Waals surface area contributed by atoms with Gasteiger partial charge in [0.25, 0.3) is 0 Å². The fourth-order valence-electron chi connectivity index (χ4n) is 5.64. The number of hydrogen-bond donors (Lipinski definition) is 1. The number of aliphatic hydroxyl groups is 1. The predicted octanol–water partition coefficient (Wildman–Crippen LogP) is 9.82. The highest BCUT2D eigenvalue weighted by atomic mass is 35.5. The van der Waals surface area contributed by atoms with E-state index in [9.17, 15) is 19.5 Å². The summed E-state index contributed by atoms with van der Waals surface area (Å²) in [6.07, 6.45) is 31.2. The van der Waals surface area contributed by atoms with Crippen molar-refractivity contribution in [3.05, 3.63) is 24.3 Å². The largest absolute Gasteiger partial charge is 0.459 e. The second kappa shape index (κ2) is 31.1. The number of carbonyl (C=O) groups excluding carboxylic acids is 3. The number of epoxide rings is 1. The lowest BCUT2D eigenvalue weighted by Gasteiger charge is -2.22. The first-order chi connectivity index (χ1) is 23.4. The first-order valence-electron chi connectivity index (χ1n) is 19.1. The van der Waals surface area contributed by atoms with Crippen molar-refractivity contribution in [1.82, 2.24) is 0 Å². The molecule has 0 aromatic carbocycles. The first-order valence-corrected chi connectivity index (χ1v) is 19.6. The maximum atomic E-state index is 11.9. The van der Waals surface area contributed by atoms with Crippen molar-refractivity contribution in [2.24, 2.45) is 0 Å². The third kappa shape index (κ3) is 26.0. The average Bonchev–Trinajstić information content (AvgIpc) is 3.83. The molecule has 1 aliphatic heterocycles. The predicted molar refractivity (Wildman–Crippen MR) is 193 cm³/mol. The topological polar surface area (TPSA) is 112 Å². The maximum Gasteiger partial charge on any atom is 0.321 e. The Morgan fingerprint density at radius 3 is 1.85 bits per heavy atom. The Kier molecular flexibility index (Phi) is 28.6. The zero-order valence-corrected chi connectivity index (χ0v) is 30.9. The van der Waals surface area contributed by atoms with Crippen molar-refractivity contribution in [3.63, 3.8) is 0 Å². The number of esters is 3. The maximum absolute atomic E-state index is 11.9. The number of hydrogen-bond acceptors (Lipinski definition) is 8. The van der Waals surface area contributed by atoms with Gasteiger partial charge in [-0.1, -0.05) is 109 Å². The smallest absolute Gasteiger partial charge is 0.321 e. The minimum Gasteiger partial charge on any atom is -0.459 e. The summed E-state index contributed by atoms with van der Waals surface area (Å²) < 4.78 is 21.2. The summed E-state index contributed by atoms with van der Waals surface area (Å²) in [5.74, 6) is -1.35. The Labute approximate surface area is 296 Å². The van der Waals surface area contributed by atoms with E-state index in [2.05, 4.69) is 32.1 Å². The highest BCUT2D eigenvalue weighted by Crippen LogP contribution is 2.30. The molecule has 1 rings (SSSR count). The third-order valence-electron chi connectivity index (χ3n) is 8.72. The Bertz CT molecular complexity index is 876. The Balaban J connectivity index is 1.90. The lowest BCUT2D eigenvalue weighted by molar-refractivity contribution is -0.167. The van der Waals surface area contributed by atoms with Crippen LogP contribution < -0.4 is 0 Å². The standard InChI is InChI=1S/C39H67ClO8/c1-3-5-19-26-34(48-39(44)31-40)33(41)25-21-15-11-7-9-13-17-23-29-37(42)45-32-46-38(43)30-24-18-14-10-8-12-16-22-28-36-35(47-36)27-20-6-4-2/h15-16,21-22,33-36,41H,3-14,17-20,23-32H2,1-2H3/b21-15-,22-16-/t33?,34?,35-,36+/m1/s1. The van der Waals surface area contributed by atoms with E-state index in [4.69, 9.17) is 30.5 Å². The zero-order chi connectivity index (χ0) is 35.1. The van der Waals surface area contributed by atoms with Crippen molar-refractivity contribution in [2.75, 3.05) is 12.7 Å². The number of rotatable bonds is 33. The van der Waals surface area contributed by atoms with Crippen LogP contribution in [0.15, 0.2) is 24.3 Å². The van der Waals surface area contributed by atoms with E-state index in [1.54, 1.807) is 0 Å². The number of allylic oxidation sites excluding steroid dienone is 2. The molecule has 1 N–H and O–H groups in total. The van der Waals surface area contributed by atoms with Gasteiger partial charge in [-0.05, 0) is 70.6 Å². The van der Waals surface area contributed by atoms with E-state index < -0.39 is 18.2 Å². The molecular weight excluding hydrogens is 632 g/mol. The van der Waals surface area contributed by atoms with Gasteiger partial charge in [0, 0.05) is 12.8 Å². The lowest BCUT2D eigenvalue weighted by Crippen LogP contribution is -2.31. The van der Waals surface area contributed by atoms with Crippen molar-refractivity contribution in [2.45, 2.75) is 192 Å². The normalized spacial score (nSPS) is 17.1. The number of alkyl halides is 1. The summed E-state index contributed by atoms with van der Waals surface area (Å²) in [4.78, 5) is 35.4. The fourth-order valence-corrected chi connectivity index (χ4v) is 5.71. The van der Waals surface area contributed by atoms with Crippen molar-refractivity contribution in [3.8, 4) is 0 Å². The molecule has 4 atom stereocenters. The Hall–Kier alpha value is -1.90. The molecule has 278 valence electrons. The van der Waals surface area contributed by atoms with E-state index in [0.29, 0.717) is 37.9 Å². The van der Waals surface area contributed by atoms with Crippen LogP contribution in [0.1, 0.15) is 168 Å². The van der Waals surface area contributed by atoms with E-state index >= 15 is 0 Å². The number of halogens is 1. The number of aliphatic hydroxyl groups excluding tert-OH is 1. The van der Waals surface area contributed by atoms with Gasteiger partial charge < -0.3 is 24.1 Å². The van der Waals surface area contributed by atoms with E-state index in [1.807, 2.05) is 6.08 Å². The minimum atomic E-state index is -0.729. The van der Waals surface area contributed by atoms with Crippen LogP contribution in [0.25, 0.3) is 0 Å². The van der Waals surface area contributed by atoms with Gasteiger partial charge >= 0.3 is 17.9 Å². The van der Waals surface area contributed by atoms with E-state index in [1.165, 1.54) is 32.1 Å². The quantitative estimate of drug-likeness (QED) is 0.0180. The molecule has 1 aliphatic rings. The van der Waals surface area contributed by atoms with Gasteiger partial charge in [0.2, 0.25) is 6.79 Å². The summed E-state index contributed by atoms with van der Waals surface area (Å²) in [5.41, 5.74) is 0. The molecule has 0 radical (unpaired) electrons. The van der Waals surface area contributed by atoms with Gasteiger partial charge in [0.1, 0.15) is 12.0 Å². The molecule has 0 aromatic rings. The van der Waals surface area contributed by atoms with Crippen LogP contribution in [-0.2, 0) is 33.3 Å². The number of unbranched alkanes of at least 4 members (excludes halogenated alkanes) is 14. The van der Waals surface area contributed by atoms with Gasteiger partial charge in [-0.15, -0.1) is 11.6 Å². The lowest BCUT2D eigenvalue weighted by atomic mass is 10.0. The van der Waals surface area contributed by atoms with Crippen LogP contribution in [0.2, 0.25) is 0 Å². The molecule has 1 saturated heterocycles. The fraction of sp³-hybridized carbons (Fsp3) is 0.821. The number of ether oxygens (including phenoxy) is 4. The molecule has 0 saturated carbocycles. The molecule has 0 bridgehead atoms. The van der Waals surface area contributed by atoms with Crippen molar-refractivity contribution in [1.29, 1.82) is 0 Å². The van der Waals surface area contributed by atoms with Crippen LogP contribution in [0.5, 0.6) is 0 Å². The van der Waals surface area contributed by atoms with Crippen LogP contribution in [-0.4, -0.2) is 60.1 Å². The van der Waals surface area contributed by atoms with Gasteiger partial charge in [-0.2, -0.15) is 0 Å². The van der Waals surface area contributed by atoms with Gasteiger partial charge in [-0.25, -0.2) is 0 Å². The molecule has 8 nitrogen and oxygen atoms in total. The highest BCUT2D eigenvalue weighted by molar-refractivity contribution is 6.26. The molecule has 0 aromatic heterocycles.